The number of nitrogens with one attached hydrogen (secondary N) is 1. The second-order valence-electron chi connectivity index (χ2n) is 7.54. The average molecular weight is 405 g/mol. The average Bonchev–Trinajstić information content (AvgIpc) is 3.41. The molecular formula is C20H32N6OS. The van der Waals surface area contributed by atoms with E-state index < -0.39 is 0 Å². The Morgan fingerprint density at radius 3 is 2.79 bits per heavy atom. The molecule has 0 aromatic carbocycles. The standard InChI is InChI=1S/C20H32N6OS/c1-3-4-11-24(2)12-8-10-21-18(27)17-9-7-15-26(16-17)20-23-22-19(28-20)25-13-5-6-14-25/h5-6,13-14,17H,3-4,7-12,15-16H2,1-2H3,(H,21,27). The van der Waals surface area contributed by atoms with Crippen LogP contribution in [0.4, 0.5) is 5.13 Å². The Kier molecular flexibility index (Phi) is 7.85. The number of anilines is 1. The summed E-state index contributed by atoms with van der Waals surface area (Å²) in [4.78, 5) is 17.1. The van der Waals surface area contributed by atoms with Gasteiger partial charge in [0.25, 0.3) is 0 Å². The van der Waals surface area contributed by atoms with Gasteiger partial charge in [0.2, 0.25) is 16.2 Å². The number of unbranched alkanes of at least 4 members (excludes halogenated alkanes) is 1. The summed E-state index contributed by atoms with van der Waals surface area (Å²) in [6.07, 6.45) is 9.35. The van der Waals surface area contributed by atoms with E-state index in [1.807, 2.05) is 29.1 Å². The van der Waals surface area contributed by atoms with Crippen molar-refractivity contribution in [2.24, 2.45) is 5.92 Å². The normalized spacial score (nSPS) is 17.2. The lowest BCUT2D eigenvalue weighted by atomic mass is 9.97. The molecule has 1 aliphatic rings. The molecule has 0 spiro atoms. The molecule has 0 aliphatic carbocycles. The van der Waals surface area contributed by atoms with Gasteiger partial charge in [-0.15, -0.1) is 10.2 Å². The third-order valence-electron chi connectivity index (χ3n) is 5.20. The summed E-state index contributed by atoms with van der Waals surface area (Å²) in [5.41, 5.74) is 0. The fourth-order valence-electron chi connectivity index (χ4n) is 3.51. The summed E-state index contributed by atoms with van der Waals surface area (Å²) in [6.45, 7) is 6.79. The maximum atomic E-state index is 12.6. The summed E-state index contributed by atoms with van der Waals surface area (Å²) in [5, 5.41) is 13.5. The number of carbonyl (C=O) groups excluding carboxylic acids is 1. The fraction of sp³-hybridized carbons (Fsp3) is 0.650. The highest BCUT2D eigenvalue weighted by molar-refractivity contribution is 7.17. The first-order valence-electron chi connectivity index (χ1n) is 10.4. The Balaban J connectivity index is 1.43. The molecule has 28 heavy (non-hydrogen) atoms. The maximum absolute atomic E-state index is 12.6. The van der Waals surface area contributed by atoms with Gasteiger partial charge in [-0.25, -0.2) is 0 Å². The molecule has 0 radical (unpaired) electrons. The van der Waals surface area contributed by atoms with Gasteiger partial charge in [-0.05, 0) is 58.0 Å². The molecule has 1 amide bonds. The van der Waals surface area contributed by atoms with E-state index in [2.05, 4.69) is 39.3 Å². The Hall–Kier alpha value is -1.93. The highest BCUT2D eigenvalue weighted by Gasteiger charge is 2.27. The zero-order chi connectivity index (χ0) is 19.8. The van der Waals surface area contributed by atoms with Gasteiger partial charge in [0.15, 0.2) is 0 Å². The van der Waals surface area contributed by atoms with Crippen LogP contribution in [-0.2, 0) is 4.79 Å². The van der Waals surface area contributed by atoms with Crippen LogP contribution in [0.2, 0.25) is 0 Å². The Morgan fingerprint density at radius 2 is 2.00 bits per heavy atom. The van der Waals surface area contributed by atoms with Gasteiger partial charge < -0.3 is 15.1 Å². The van der Waals surface area contributed by atoms with Crippen LogP contribution in [0.1, 0.15) is 39.0 Å². The number of carbonyl (C=O) groups is 1. The monoisotopic (exact) mass is 404 g/mol. The van der Waals surface area contributed by atoms with Crippen LogP contribution >= 0.6 is 11.3 Å². The third-order valence-corrected chi connectivity index (χ3v) is 6.20. The lowest BCUT2D eigenvalue weighted by Crippen LogP contribution is -2.43. The summed E-state index contributed by atoms with van der Waals surface area (Å²) >= 11 is 1.57. The van der Waals surface area contributed by atoms with E-state index in [1.165, 1.54) is 12.8 Å². The molecule has 0 saturated carbocycles. The number of rotatable bonds is 10. The summed E-state index contributed by atoms with van der Waals surface area (Å²) in [7, 11) is 2.15. The van der Waals surface area contributed by atoms with E-state index >= 15 is 0 Å². The minimum atomic E-state index is 0.0329. The van der Waals surface area contributed by atoms with Gasteiger partial charge in [-0.2, -0.15) is 0 Å². The Labute approximate surface area is 171 Å². The second kappa shape index (κ2) is 10.6. The van der Waals surface area contributed by atoms with Crippen LogP contribution in [0, 0.1) is 5.92 Å². The minimum absolute atomic E-state index is 0.0329. The number of aromatic nitrogens is 3. The quantitative estimate of drug-likeness (QED) is 0.617. The highest BCUT2D eigenvalue weighted by Crippen LogP contribution is 2.27. The van der Waals surface area contributed by atoms with E-state index in [1.54, 1.807) is 11.3 Å². The zero-order valence-corrected chi connectivity index (χ0v) is 17.8. The molecule has 8 heteroatoms. The van der Waals surface area contributed by atoms with Crippen LogP contribution in [-0.4, -0.2) is 65.3 Å². The van der Waals surface area contributed by atoms with Crippen LogP contribution in [0.3, 0.4) is 0 Å². The molecule has 1 unspecified atom stereocenters. The predicted molar refractivity (Wildman–Crippen MR) is 114 cm³/mol. The topological polar surface area (TPSA) is 66.3 Å². The van der Waals surface area contributed by atoms with Gasteiger partial charge in [-0.1, -0.05) is 24.7 Å². The molecule has 1 aliphatic heterocycles. The molecule has 1 saturated heterocycles. The van der Waals surface area contributed by atoms with Gasteiger partial charge in [0, 0.05) is 32.0 Å². The maximum Gasteiger partial charge on any atom is 0.224 e. The minimum Gasteiger partial charge on any atom is -0.356 e. The molecule has 0 bridgehead atoms. The van der Waals surface area contributed by atoms with E-state index in [0.717, 1.165) is 62.2 Å². The van der Waals surface area contributed by atoms with E-state index in [4.69, 9.17) is 0 Å². The highest BCUT2D eigenvalue weighted by atomic mass is 32.1. The van der Waals surface area contributed by atoms with Gasteiger partial charge in [0.1, 0.15) is 0 Å². The molecule has 2 aromatic rings. The lowest BCUT2D eigenvalue weighted by molar-refractivity contribution is -0.125. The fourth-order valence-corrected chi connectivity index (χ4v) is 4.36. The zero-order valence-electron chi connectivity index (χ0n) is 17.0. The molecule has 154 valence electrons. The second-order valence-corrected chi connectivity index (χ2v) is 8.48. The van der Waals surface area contributed by atoms with Crippen molar-refractivity contribution in [2.75, 3.05) is 44.7 Å². The van der Waals surface area contributed by atoms with E-state index in [9.17, 15) is 4.79 Å². The first-order valence-corrected chi connectivity index (χ1v) is 11.2. The smallest absolute Gasteiger partial charge is 0.224 e. The first-order chi connectivity index (χ1) is 13.7. The number of piperidine rings is 1. The van der Waals surface area contributed by atoms with E-state index in [0.29, 0.717) is 0 Å². The number of nitrogens with zero attached hydrogens (tertiary/aromatic N) is 5. The van der Waals surface area contributed by atoms with Crippen molar-refractivity contribution in [3.63, 3.8) is 0 Å². The summed E-state index contributed by atoms with van der Waals surface area (Å²) < 4.78 is 1.97. The molecule has 3 rings (SSSR count). The van der Waals surface area contributed by atoms with Crippen LogP contribution in [0.25, 0.3) is 5.13 Å². The number of hydrogen-bond donors (Lipinski definition) is 1. The first kappa shape index (κ1) is 20.8. The van der Waals surface area contributed by atoms with Crippen LogP contribution in [0.5, 0.6) is 0 Å². The molecule has 1 atom stereocenters. The summed E-state index contributed by atoms with van der Waals surface area (Å²) in [6, 6.07) is 3.95. The molecular weight excluding hydrogens is 372 g/mol. The molecule has 3 heterocycles. The van der Waals surface area contributed by atoms with Gasteiger partial charge >= 0.3 is 0 Å². The predicted octanol–water partition coefficient (Wildman–Crippen LogP) is 2.78. The lowest BCUT2D eigenvalue weighted by Gasteiger charge is -2.31. The van der Waals surface area contributed by atoms with E-state index in [-0.39, 0.29) is 11.8 Å². The van der Waals surface area contributed by atoms with Crippen molar-refractivity contribution in [2.45, 2.75) is 39.0 Å². The van der Waals surface area contributed by atoms with Gasteiger partial charge in [-0.3, -0.25) is 9.36 Å². The molecule has 2 aromatic heterocycles. The summed E-state index contributed by atoms with van der Waals surface area (Å²) in [5.74, 6) is 0.210. The number of amides is 1. The molecule has 1 fully saturated rings. The third kappa shape index (κ3) is 5.78. The van der Waals surface area contributed by atoms with Crippen molar-refractivity contribution >= 4 is 22.4 Å². The van der Waals surface area contributed by atoms with Crippen molar-refractivity contribution in [3.05, 3.63) is 24.5 Å². The largest absolute Gasteiger partial charge is 0.356 e. The molecule has 7 nitrogen and oxygen atoms in total. The van der Waals surface area contributed by atoms with Crippen LogP contribution < -0.4 is 10.2 Å². The Morgan fingerprint density at radius 1 is 1.25 bits per heavy atom. The SMILES string of the molecule is CCCCN(C)CCCNC(=O)C1CCCN(c2nnc(-n3cccc3)s2)C1. The van der Waals surface area contributed by atoms with Crippen molar-refractivity contribution in [3.8, 4) is 5.13 Å². The molecule has 1 N–H and O–H groups in total. The Bertz CT molecular complexity index is 716. The van der Waals surface area contributed by atoms with Crippen molar-refractivity contribution < 1.29 is 4.79 Å². The van der Waals surface area contributed by atoms with Gasteiger partial charge in [0.05, 0.1) is 5.92 Å². The van der Waals surface area contributed by atoms with Crippen molar-refractivity contribution in [1.29, 1.82) is 0 Å². The number of hydrogen-bond acceptors (Lipinski definition) is 6. The van der Waals surface area contributed by atoms with Crippen LogP contribution in [0.15, 0.2) is 24.5 Å². The van der Waals surface area contributed by atoms with Crippen molar-refractivity contribution in [1.82, 2.24) is 25.0 Å².